The number of nitrogens with two attached hydrogens (primary N) is 1. The summed E-state index contributed by atoms with van der Waals surface area (Å²) in [5.74, 6) is -0.171. The van der Waals surface area contributed by atoms with Crippen LogP contribution in [0.1, 0.15) is 11.5 Å². The lowest BCUT2D eigenvalue weighted by Gasteiger charge is -2.23. The lowest BCUT2D eigenvalue weighted by molar-refractivity contribution is -0.120. The molecular formula is C13H18Cl2N2O2. The second-order valence-electron chi connectivity index (χ2n) is 4.09. The number of aliphatic hydroxyl groups excluding tert-OH is 1. The SMILES string of the molecule is NC(=O)C(CO)c1ccc(N(CCCl)CCCl)cc1. The van der Waals surface area contributed by atoms with E-state index in [4.69, 9.17) is 34.0 Å². The van der Waals surface area contributed by atoms with E-state index >= 15 is 0 Å². The maximum atomic E-state index is 11.2. The Morgan fingerprint density at radius 1 is 1.21 bits per heavy atom. The fourth-order valence-electron chi connectivity index (χ4n) is 1.85. The molecule has 1 aromatic rings. The first-order chi connectivity index (χ1) is 9.13. The van der Waals surface area contributed by atoms with Gasteiger partial charge in [0.25, 0.3) is 0 Å². The molecule has 4 nitrogen and oxygen atoms in total. The highest BCUT2D eigenvalue weighted by atomic mass is 35.5. The molecule has 106 valence electrons. The minimum absolute atomic E-state index is 0.290. The highest BCUT2D eigenvalue weighted by Gasteiger charge is 2.16. The molecule has 0 aliphatic heterocycles. The maximum absolute atomic E-state index is 11.2. The average molecular weight is 305 g/mol. The van der Waals surface area contributed by atoms with Gasteiger partial charge in [-0.15, -0.1) is 23.2 Å². The molecule has 0 saturated heterocycles. The summed E-state index contributed by atoms with van der Waals surface area (Å²) in [6.07, 6.45) is 0. The summed E-state index contributed by atoms with van der Waals surface area (Å²) >= 11 is 11.5. The number of amides is 1. The molecule has 0 heterocycles. The number of carbonyl (C=O) groups excluding carboxylic acids is 1. The van der Waals surface area contributed by atoms with Crippen molar-refractivity contribution >= 4 is 34.8 Å². The van der Waals surface area contributed by atoms with Crippen LogP contribution in [-0.2, 0) is 4.79 Å². The van der Waals surface area contributed by atoms with Gasteiger partial charge in [-0.3, -0.25) is 4.79 Å². The third-order valence-electron chi connectivity index (χ3n) is 2.90. The van der Waals surface area contributed by atoms with Gasteiger partial charge in [-0.05, 0) is 17.7 Å². The first kappa shape index (κ1) is 16.1. The van der Waals surface area contributed by atoms with Crippen LogP contribution in [0.25, 0.3) is 0 Å². The van der Waals surface area contributed by atoms with Gasteiger partial charge in [-0.25, -0.2) is 0 Å². The fourth-order valence-corrected chi connectivity index (χ4v) is 2.26. The lowest BCUT2D eigenvalue weighted by Crippen LogP contribution is -2.28. The maximum Gasteiger partial charge on any atom is 0.227 e. The van der Waals surface area contributed by atoms with Crippen LogP contribution in [0.4, 0.5) is 5.69 Å². The quantitative estimate of drug-likeness (QED) is 0.716. The number of aliphatic hydroxyl groups is 1. The summed E-state index contributed by atoms with van der Waals surface area (Å²) in [6, 6.07) is 7.33. The van der Waals surface area contributed by atoms with Gasteiger partial charge in [-0.1, -0.05) is 12.1 Å². The lowest BCUT2D eigenvalue weighted by atomic mass is 9.99. The van der Waals surface area contributed by atoms with Gasteiger partial charge >= 0.3 is 0 Å². The Labute approximate surface area is 123 Å². The van der Waals surface area contributed by atoms with Gasteiger partial charge in [0.15, 0.2) is 0 Å². The van der Waals surface area contributed by atoms with Crippen LogP contribution in [0.5, 0.6) is 0 Å². The summed E-state index contributed by atoms with van der Waals surface area (Å²) in [7, 11) is 0. The van der Waals surface area contributed by atoms with E-state index in [1.807, 2.05) is 12.1 Å². The van der Waals surface area contributed by atoms with E-state index in [1.165, 1.54) is 0 Å². The number of anilines is 1. The number of carbonyl (C=O) groups is 1. The zero-order valence-corrected chi connectivity index (χ0v) is 12.1. The van der Waals surface area contributed by atoms with Gasteiger partial charge in [0.05, 0.1) is 12.5 Å². The molecule has 1 rings (SSSR count). The minimum Gasteiger partial charge on any atom is -0.395 e. The number of benzene rings is 1. The predicted molar refractivity (Wildman–Crippen MR) is 79.1 cm³/mol. The summed E-state index contributed by atoms with van der Waals surface area (Å²) in [5, 5.41) is 9.15. The first-order valence-corrected chi connectivity index (χ1v) is 7.08. The topological polar surface area (TPSA) is 66.6 Å². The van der Waals surface area contributed by atoms with Crippen molar-refractivity contribution in [1.29, 1.82) is 0 Å². The van der Waals surface area contributed by atoms with Crippen molar-refractivity contribution in [3.63, 3.8) is 0 Å². The Bertz CT molecular complexity index is 392. The Morgan fingerprint density at radius 2 is 1.74 bits per heavy atom. The van der Waals surface area contributed by atoms with Crippen LogP contribution in [0.2, 0.25) is 0 Å². The summed E-state index contributed by atoms with van der Waals surface area (Å²) < 4.78 is 0. The average Bonchev–Trinajstić information content (AvgIpc) is 2.40. The van der Waals surface area contributed by atoms with E-state index in [-0.39, 0.29) is 6.61 Å². The highest BCUT2D eigenvalue weighted by Crippen LogP contribution is 2.20. The fraction of sp³-hybridized carbons (Fsp3) is 0.462. The summed E-state index contributed by atoms with van der Waals surface area (Å²) in [5.41, 5.74) is 6.91. The number of rotatable bonds is 8. The van der Waals surface area contributed by atoms with Crippen LogP contribution in [0.3, 0.4) is 0 Å². The molecule has 1 aromatic carbocycles. The molecule has 1 unspecified atom stereocenters. The Balaban J connectivity index is 2.87. The molecule has 0 aliphatic rings. The Kier molecular flexibility index (Phi) is 6.99. The van der Waals surface area contributed by atoms with Gasteiger partial charge in [-0.2, -0.15) is 0 Å². The zero-order valence-electron chi connectivity index (χ0n) is 10.6. The van der Waals surface area contributed by atoms with Crippen molar-refractivity contribution in [3.05, 3.63) is 29.8 Å². The van der Waals surface area contributed by atoms with Crippen molar-refractivity contribution in [1.82, 2.24) is 0 Å². The predicted octanol–water partition coefficient (Wildman–Crippen LogP) is 1.53. The minimum atomic E-state index is -0.663. The van der Waals surface area contributed by atoms with E-state index in [0.29, 0.717) is 30.4 Å². The van der Waals surface area contributed by atoms with Gasteiger partial charge in [0.2, 0.25) is 5.91 Å². The molecular weight excluding hydrogens is 287 g/mol. The van der Waals surface area contributed by atoms with Gasteiger partial charge in [0.1, 0.15) is 0 Å². The molecule has 1 amide bonds. The Morgan fingerprint density at radius 3 is 2.11 bits per heavy atom. The van der Waals surface area contributed by atoms with Crippen LogP contribution in [-0.4, -0.2) is 42.5 Å². The third-order valence-corrected chi connectivity index (χ3v) is 3.23. The van der Waals surface area contributed by atoms with E-state index < -0.39 is 11.8 Å². The number of primary amides is 1. The molecule has 0 radical (unpaired) electrons. The summed E-state index contributed by atoms with van der Waals surface area (Å²) in [4.78, 5) is 13.2. The number of hydrogen-bond donors (Lipinski definition) is 2. The van der Waals surface area contributed by atoms with Crippen molar-refractivity contribution in [3.8, 4) is 0 Å². The highest BCUT2D eigenvalue weighted by molar-refractivity contribution is 6.18. The van der Waals surface area contributed by atoms with Crippen LogP contribution in [0.15, 0.2) is 24.3 Å². The molecule has 0 aliphatic carbocycles. The second-order valence-corrected chi connectivity index (χ2v) is 4.85. The normalized spacial score (nSPS) is 12.2. The number of hydrogen-bond acceptors (Lipinski definition) is 3. The largest absolute Gasteiger partial charge is 0.395 e. The molecule has 0 fully saturated rings. The molecule has 3 N–H and O–H groups in total. The first-order valence-electron chi connectivity index (χ1n) is 6.01. The molecule has 0 spiro atoms. The molecule has 0 saturated carbocycles. The van der Waals surface area contributed by atoms with Crippen LogP contribution < -0.4 is 10.6 Å². The van der Waals surface area contributed by atoms with Crippen molar-refractivity contribution in [2.45, 2.75) is 5.92 Å². The third kappa shape index (κ3) is 4.56. The van der Waals surface area contributed by atoms with Crippen molar-refractivity contribution in [2.24, 2.45) is 5.73 Å². The number of halogens is 2. The number of alkyl halides is 2. The van der Waals surface area contributed by atoms with E-state index in [2.05, 4.69) is 4.90 Å². The molecule has 1 atom stereocenters. The molecule has 0 bridgehead atoms. The Hall–Kier alpha value is -0.970. The standard InChI is InChI=1S/C13H18Cl2N2O2/c14-5-7-17(8-6-15)11-3-1-10(2-4-11)12(9-18)13(16)19/h1-4,12,18H,5-9H2,(H2,16,19). The van der Waals surface area contributed by atoms with Gasteiger partial charge < -0.3 is 15.7 Å². The van der Waals surface area contributed by atoms with Crippen molar-refractivity contribution in [2.75, 3.05) is 36.4 Å². The summed E-state index contributed by atoms with van der Waals surface area (Å²) in [6.45, 7) is 1.11. The smallest absolute Gasteiger partial charge is 0.227 e. The number of nitrogens with zero attached hydrogens (tertiary/aromatic N) is 1. The van der Waals surface area contributed by atoms with Crippen LogP contribution >= 0.6 is 23.2 Å². The van der Waals surface area contributed by atoms with E-state index in [0.717, 1.165) is 5.69 Å². The van der Waals surface area contributed by atoms with Crippen LogP contribution in [0, 0.1) is 0 Å². The second kappa shape index (κ2) is 8.25. The zero-order chi connectivity index (χ0) is 14.3. The molecule has 19 heavy (non-hydrogen) atoms. The van der Waals surface area contributed by atoms with E-state index in [1.54, 1.807) is 12.1 Å². The van der Waals surface area contributed by atoms with Crippen molar-refractivity contribution < 1.29 is 9.90 Å². The molecule has 0 aromatic heterocycles. The molecule has 6 heteroatoms. The van der Waals surface area contributed by atoms with Gasteiger partial charge in [0, 0.05) is 30.5 Å². The monoisotopic (exact) mass is 304 g/mol. The van der Waals surface area contributed by atoms with E-state index in [9.17, 15) is 4.79 Å².